The quantitative estimate of drug-likeness (QED) is 0.607. The number of carboxylic acids is 1. The summed E-state index contributed by atoms with van der Waals surface area (Å²) in [6.07, 6.45) is 3.35. The number of carboxylic acid groups (broad SMARTS) is 1. The number of hydrogen-bond donors (Lipinski definition) is 2. The fourth-order valence-corrected chi connectivity index (χ4v) is 3.86. The number of halogens is 1. The van der Waals surface area contributed by atoms with Gasteiger partial charge in [0.05, 0.1) is 12.1 Å². The van der Waals surface area contributed by atoms with Gasteiger partial charge in [0.1, 0.15) is 6.61 Å². The van der Waals surface area contributed by atoms with Gasteiger partial charge < -0.3 is 15.3 Å². The van der Waals surface area contributed by atoms with E-state index in [-0.39, 0.29) is 30.3 Å². The maximum atomic E-state index is 11.0. The molecule has 0 unspecified atom stereocenters. The van der Waals surface area contributed by atoms with E-state index in [4.69, 9.17) is 9.94 Å². The highest BCUT2D eigenvalue weighted by Gasteiger charge is 2.27. The maximum Gasteiger partial charge on any atom is 0.307 e. The van der Waals surface area contributed by atoms with Crippen molar-refractivity contribution < 1.29 is 14.7 Å². The van der Waals surface area contributed by atoms with E-state index in [1.165, 1.54) is 22.3 Å². The van der Waals surface area contributed by atoms with Crippen LogP contribution in [0.15, 0.2) is 53.7 Å². The molecule has 2 N–H and O–H groups in total. The van der Waals surface area contributed by atoms with Gasteiger partial charge >= 0.3 is 5.97 Å². The smallest absolute Gasteiger partial charge is 0.307 e. The zero-order valence-corrected chi connectivity index (χ0v) is 15.7. The van der Waals surface area contributed by atoms with Crippen molar-refractivity contribution in [2.75, 3.05) is 13.2 Å². The zero-order chi connectivity index (χ0) is 17.9. The Hall–Kier alpha value is -2.37. The molecule has 0 aromatic heterocycles. The van der Waals surface area contributed by atoms with Gasteiger partial charge in [-0.3, -0.25) is 4.79 Å². The number of benzene rings is 2. The first-order chi connectivity index (χ1) is 12.7. The third-order valence-electron chi connectivity index (χ3n) is 5.31. The van der Waals surface area contributed by atoms with Gasteiger partial charge in [-0.1, -0.05) is 53.7 Å². The summed E-state index contributed by atoms with van der Waals surface area (Å²) < 4.78 is 0. The molecule has 2 aliphatic rings. The molecule has 1 saturated heterocycles. The Morgan fingerprint density at radius 2 is 1.74 bits per heavy atom. The summed E-state index contributed by atoms with van der Waals surface area (Å²) in [6, 6.07) is 17.0. The van der Waals surface area contributed by atoms with E-state index in [0.717, 1.165) is 6.42 Å². The Morgan fingerprint density at radius 3 is 2.30 bits per heavy atom. The first-order valence-electron chi connectivity index (χ1n) is 9.04. The Morgan fingerprint density at radius 1 is 1.11 bits per heavy atom. The van der Waals surface area contributed by atoms with Crippen molar-refractivity contribution in [3.8, 4) is 11.1 Å². The van der Waals surface area contributed by atoms with E-state index < -0.39 is 5.97 Å². The molecule has 142 valence electrons. The predicted octanol–water partition coefficient (Wildman–Crippen LogP) is 3.68. The minimum absolute atomic E-state index is 0. The molecule has 1 aliphatic carbocycles. The number of rotatable bonds is 5. The van der Waals surface area contributed by atoms with Crippen LogP contribution in [0.4, 0.5) is 0 Å². The first-order valence-corrected chi connectivity index (χ1v) is 9.04. The number of hydrogen-bond acceptors (Lipinski definition) is 4. The van der Waals surface area contributed by atoms with Crippen LogP contribution < -0.4 is 5.32 Å². The molecule has 6 heteroatoms. The van der Waals surface area contributed by atoms with E-state index in [1.54, 1.807) is 0 Å². The molecule has 0 spiro atoms. The monoisotopic (exact) mass is 386 g/mol. The van der Waals surface area contributed by atoms with Crippen LogP contribution in [0.5, 0.6) is 0 Å². The lowest BCUT2D eigenvalue weighted by atomic mass is 9.95. The molecule has 1 fully saturated rings. The lowest BCUT2D eigenvalue weighted by Gasteiger charge is -2.26. The summed E-state index contributed by atoms with van der Waals surface area (Å²) in [7, 11) is 0. The molecule has 4 rings (SSSR count). The van der Waals surface area contributed by atoms with Crippen molar-refractivity contribution in [2.45, 2.75) is 24.8 Å². The third kappa shape index (κ3) is 3.99. The van der Waals surface area contributed by atoms with Crippen molar-refractivity contribution in [1.82, 2.24) is 5.32 Å². The second kappa shape index (κ2) is 8.55. The third-order valence-corrected chi connectivity index (χ3v) is 5.31. The molecule has 0 radical (unpaired) electrons. The molecule has 0 bridgehead atoms. The van der Waals surface area contributed by atoms with Crippen LogP contribution in [0.3, 0.4) is 0 Å². The Kier molecular flexibility index (Phi) is 6.14. The number of carbonyl (C=O) groups is 1. The first kappa shape index (κ1) is 19.4. The predicted molar refractivity (Wildman–Crippen MR) is 108 cm³/mol. The Balaban J connectivity index is 0.00000210. The largest absolute Gasteiger partial charge is 0.481 e. The van der Waals surface area contributed by atoms with E-state index in [2.05, 4.69) is 59.0 Å². The average Bonchev–Trinajstić information content (AvgIpc) is 3.00. The number of aliphatic carboxylic acids is 1. The van der Waals surface area contributed by atoms with Gasteiger partial charge in [-0.2, -0.15) is 0 Å². The number of oxime groups is 1. The minimum atomic E-state index is -0.728. The number of nitrogens with one attached hydrogen (secondary N) is 1. The molecule has 2 aromatic carbocycles. The average molecular weight is 387 g/mol. The van der Waals surface area contributed by atoms with Gasteiger partial charge in [0.15, 0.2) is 0 Å². The van der Waals surface area contributed by atoms with Gasteiger partial charge in [0.2, 0.25) is 0 Å². The summed E-state index contributed by atoms with van der Waals surface area (Å²) in [6.45, 7) is 0.954. The van der Waals surface area contributed by atoms with E-state index in [0.29, 0.717) is 19.6 Å². The standard InChI is InChI=1S/C21H22N2O3.ClH/c24-21(25)14-9-10-15(22-11-14)13-26-23-12-20-18-7-3-1-5-16(18)17-6-2-4-8-19(17)20;/h1-8,12,14-15,20,22H,9-11,13H2,(H,24,25);1H/b23-12+;/t14-,15-;/m1./s1. The topological polar surface area (TPSA) is 70.9 Å². The molecular weight excluding hydrogens is 364 g/mol. The maximum absolute atomic E-state index is 11.0. The van der Waals surface area contributed by atoms with Crippen molar-refractivity contribution in [3.05, 3.63) is 59.7 Å². The van der Waals surface area contributed by atoms with Crippen molar-refractivity contribution >= 4 is 24.6 Å². The number of nitrogens with zero attached hydrogens (tertiary/aromatic N) is 1. The summed E-state index contributed by atoms with van der Waals surface area (Å²) >= 11 is 0. The normalized spacial score (nSPS) is 21.3. The summed E-state index contributed by atoms with van der Waals surface area (Å²) in [5.41, 5.74) is 5.02. The molecule has 0 amide bonds. The Labute approximate surface area is 164 Å². The molecule has 1 aliphatic heterocycles. The van der Waals surface area contributed by atoms with Crippen LogP contribution >= 0.6 is 12.4 Å². The van der Waals surface area contributed by atoms with Crippen LogP contribution in [0.25, 0.3) is 11.1 Å². The number of piperidine rings is 1. The fraction of sp³-hybridized carbons (Fsp3) is 0.333. The van der Waals surface area contributed by atoms with Crippen LogP contribution in [0.1, 0.15) is 29.9 Å². The second-order valence-corrected chi connectivity index (χ2v) is 6.92. The summed E-state index contributed by atoms with van der Waals surface area (Å²) in [4.78, 5) is 16.5. The molecule has 5 nitrogen and oxygen atoms in total. The molecule has 2 atom stereocenters. The summed E-state index contributed by atoms with van der Waals surface area (Å²) in [5, 5.41) is 16.5. The van der Waals surface area contributed by atoms with E-state index >= 15 is 0 Å². The minimum Gasteiger partial charge on any atom is -0.481 e. The van der Waals surface area contributed by atoms with Gasteiger partial charge in [0, 0.05) is 18.5 Å². The molecule has 0 saturated carbocycles. The van der Waals surface area contributed by atoms with Gasteiger partial charge in [-0.25, -0.2) is 0 Å². The van der Waals surface area contributed by atoms with Crippen LogP contribution in [0.2, 0.25) is 0 Å². The van der Waals surface area contributed by atoms with Crippen LogP contribution in [-0.2, 0) is 9.63 Å². The Bertz CT molecular complexity index is 786. The van der Waals surface area contributed by atoms with Crippen LogP contribution in [0, 0.1) is 5.92 Å². The van der Waals surface area contributed by atoms with Crippen molar-refractivity contribution in [2.24, 2.45) is 11.1 Å². The van der Waals surface area contributed by atoms with Gasteiger partial charge in [-0.05, 0) is 35.1 Å². The lowest BCUT2D eigenvalue weighted by molar-refractivity contribution is -0.142. The fourth-order valence-electron chi connectivity index (χ4n) is 3.86. The van der Waals surface area contributed by atoms with Gasteiger partial charge in [0.25, 0.3) is 0 Å². The summed E-state index contributed by atoms with van der Waals surface area (Å²) in [5.74, 6) is -0.909. The lowest BCUT2D eigenvalue weighted by Crippen LogP contribution is -2.43. The van der Waals surface area contributed by atoms with E-state index in [9.17, 15) is 4.79 Å². The van der Waals surface area contributed by atoms with Gasteiger partial charge in [-0.15, -0.1) is 12.4 Å². The van der Waals surface area contributed by atoms with Crippen LogP contribution in [-0.4, -0.2) is 36.5 Å². The number of fused-ring (bicyclic) bond motifs is 3. The SMILES string of the molecule is Cl.O=C(O)[C@@H]1CC[C@H](CO/N=C/C2c3ccccc3-c3ccccc32)NC1. The van der Waals surface area contributed by atoms with E-state index in [1.807, 2.05) is 6.21 Å². The molecule has 1 heterocycles. The zero-order valence-electron chi connectivity index (χ0n) is 14.9. The second-order valence-electron chi connectivity index (χ2n) is 6.92. The molecular formula is C21H23ClN2O3. The highest BCUT2D eigenvalue weighted by atomic mass is 35.5. The van der Waals surface area contributed by atoms with Crippen molar-refractivity contribution in [1.29, 1.82) is 0 Å². The highest BCUT2D eigenvalue weighted by molar-refractivity contribution is 5.89. The molecule has 27 heavy (non-hydrogen) atoms. The van der Waals surface area contributed by atoms with Crippen molar-refractivity contribution in [3.63, 3.8) is 0 Å². The molecule has 2 aromatic rings. The highest BCUT2D eigenvalue weighted by Crippen LogP contribution is 2.43.